The quantitative estimate of drug-likeness (QED) is 0.456. The van der Waals surface area contributed by atoms with Crippen LogP contribution in [0.15, 0.2) is 83.8 Å². The van der Waals surface area contributed by atoms with Gasteiger partial charge in [0.15, 0.2) is 0 Å². The molecule has 34 heavy (non-hydrogen) atoms. The fourth-order valence-electron chi connectivity index (χ4n) is 3.60. The molecule has 3 N–H and O–H groups in total. The van der Waals surface area contributed by atoms with Gasteiger partial charge in [0.1, 0.15) is 0 Å². The third kappa shape index (κ3) is 5.81. The molecule has 2 amide bonds. The Kier molecular flexibility index (Phi) is 7.24. The SMILES string of the molecule is O=C(Nc1ccccc1C(=O)NC[C@H]1CCCO1)c1ccc(NS(=O)(=O)c2ccccc2)cc1. The van der Waals surface area contributed by atoms with Crippen molar-refractivity contribution in [2.45, 2.75) is 23.8 Å². The Morgan fingerprint density at radius 3 is 2.29 bits per heavy atom. The van der Waals surface area contributed by atoms with Gasteiger partial charge in [-0.1, -0.05) is 30.3 Å². The van der Waals surface area contributed by atoms with Crippen molar-refractivity contribution < 1.29 is 22.7 Å². The highest BCUT2D eigenvalue weighted by atomic mass is 32.2. The Morgan fingerprint density at radius 2 is 1.59 bits per heavy atom. The van der Waals surface area contributed by atoms with Crippen LogP contribution in [-0.2, 0) is 14.8 Å². The summed E-state index contributed by atoms with van der Waals surface area (Å²) in [5, 5.41) is 5.62. The van der Waals surface area contributed by atoms with Crippen molar-refractivity contribution in [3.8, 4) is 0 Å². The van der Waals surface area contributed by atoms with Gasteiger partial charge in [-0.25, -0.2) is 8.42 Å². The minimum absolute atomic E-state index is 0.0172. The predicted octanol–water partition coefficient (Wildman–Crippen LogP) is 3.65. The van der Waals surface area contributed by atoms with E-state index in [1.54, 1.807) is 42.5 Å². The van der Waals surface area contributed by atoms with E-state index in [1.165, 1.54) is 36.4 Å². The zero-order chi connectivity index (χ0) is 24.0. The summed E-state index contributed by atoms with van der Waals surface area (Å²) in [6.45, 7) is 1.13. The number of benzene rings is 3. The van der Waals surface area contributed by atoms with Crippen molar-refractivity contribution in [3.05, 3.63) is 90.0 Å². The van der Waals surface area contributed by atoms with Gasteiger partial charge in [-0.05, 0) is 61.4 Å². The van der Waals surface area contributed by atoms with Crippen LogP contribution in [0.2, 0.25) is 0 Å². The first kappa shape index (κ1) is 23.5. The third-order valence-electron chi connectivity index (χ3n) is 5.39. The first-order valence-corrected chi connectivity index (χ1v) is 12.4. The average molecular weight is 480 g/mol. The molecule has 3 aromatic carbocycles. The molecule has 0 aliphatic carbocycles. The molecular weight excluding hydrogens is 454 g/mol. The molecule has 0 bridgehead atoms. The van der Waals surface area contributed by atoms with Crippen molar-refractivity contribution in [2.24, 2.45) is 0 Å². The number of carbonyl (C=O) groups excluding carboxylic acids is 2. The normalized spacial score (nSPS) is 15.5. The zero-order valence-corrected chi connectivity index (χ0v) is 19.2. The molecule has 1 heterocycles. The number of nitrogens with one attached hydrogen (secondary N) is 3. The molecule has 0 unspecified atom stereocenters. The molecular formula is C25H25N3O5S. The van der Waals surface area contributed by atoms with E-state index in [-0.39, 0.29) is 16.9 Å². The van der Waals surface area contributed by atoms with E-state index < -0.39 is 15.9 Å². The summed E-state index contributed by atoms with van der Waals surface area (Å²) < 4.78 is 32.9. The van der Waals surface area contributed by atoms with E-state index >= 15 is 0 Å². The topological polar surface area (TPSA) is 114 Å². The second-order valence-electron chi connectivity index (χ2n) is 7.84. The second-order valence-corrected chi connectivity index (χ2v) is 9.52. The highest BCUT2D eigenvalue weighted by molar-refractivity contribution is 7.92. The molecule has 3 aromatic rings. The lowest BCUT2D eigenvalue weighted by molar-refractivity contribution is 0.0858. The van der Waals surface area contributed by atoms with Crippen molar-refractivity contribution >= 4 is 33.2 Å². The van der Waals surface area contributed by atoms with Crippen LogP contribution in [0.1, 0.15) is 33.6 Å². The lowest BCUT2D eigenvalue weighted by Crippen LogP contribution is -2.32. The van der Waals surface area contributed by atoms with E-state index in [0.717, 1.165) is 12.8 Å². The van der Waals surface area contributed by atoms with E-state index in [2.05, 4.69) is 15.4 Å². The van der Waals surface area contributed by atoms with Crippen molar-refractivity contribution in [1.29, 1.82) is 0 Å². The van der Waals surface area contributed by atoms with Crippen LogP contribution in [0.3, 0.4) is 0 Å². The molecule has 1 atom stereocenters. The zero-order valence-electron chi connectivity index (χ0n) is 18.4. The van der Waals surface area contributed by atoms with Crippen LogP contribution in [0.4, 0.5) is 11.4 Å². The Morgan fingerprint density at radius 1 is 0.882 bits per heavy atom. The average Bonchev–Trinajstić information content (AvgIpc) is 3.37. The highest BCUT2D eigenvalue weighted by Gasteiger charge is 2.19. The maximum Gasteiger partial charge on any atom is 0.261 e. The summed E-state index contributed by atoms with van der Waals surface area (Å²) in [6, 6.07) is 20.8. The van der Waals surface area contributed by atoms with Gasteiger partial charge >= 0.3 is 0 Å². The molecule has 8 nitrogen and oxygen atoms in total. The van der Waals surface area contributed by atoms with Crippen LogP contribution in [-0.4, -0.2) is 39.5 Å². The molecule has 1 saturated heterocycles. The van der Waals surface area contributed by atoms with Gasteiger partial charge in [-0.3, -0.25) is 14.3 Å². The Balaban J connectivity index is 1.41. The first-order chi connectivity index (χ1) is 16.4. The van der Waals surface area contributed by atoms with Gasteiger partial charge in [0.25, 0.3) is 21.8 Å². The number of hydrogen-bond donors (Lipinski definition) is 3. The molecule has 0 saturated carbocycles. The van der Waals surface area contributed by atoms with Gasteiger partial charge < -0.3 is 15.4 Å². The Bertz CT molecular complexity index is 1260. The highest BCUT2D eigenvalue weighted by Crippen LogP contribution is 2.19. The van der Waals surface area contributed by atoms with E-state index in [1.807, 2.05) is 0 Å². The van der Waals surface area contributed by atoms with E-state index in [0.29, 0.717) is 35.7 Å². The molecule has 0 aromatic heterocycles. The summed E-state index contributed by atoms with van der Waals surface area (Å²) in [5.41, 5.74) is 1.37. The summed E-state index contributed by atoms with van der Waals surface area (Å²) >= 11 is 0. The molecule has 4 rings (SSSR count). The smallest absolute Gasteiger partial charge is 0.261 e. The minimum atomic E-state index is -3.73. The first-order valence-electron chi connectivity index (χ1n) is 10.9. The summed E-state index contributed by atoms with van der Waals surface area (Å²) in [6.07, 6.45) is 1.92. The second kappa shape index (κ2) is 10.5. The Hall–Kier alpha value is -3.69. The largest absolute Gasteiger partial charge is 0.376 e. The molecule has 0 spiro atoms. The summed E-state index contributed by atoms with van der Waals surface area (Å²) in [5.74, 6) is -0.714. The molecule has 0 radical (unpaired) electrons. The standard InChI is InChI=1S/C25H25N3O5S/c29-24(18-12-14-19(15-13-18)28-34(31,32)21-8-2-1-3-9-21)27-23-11-5-4-10-22(23)25(30)26-17-20-7-6-16-33-20/h1-5,8-15,20,28H,6-7,16-17H2,(H,26,30)(H,27,29)/t20-/m1/s1. The van der Waals surface area contributed by atoms with Crippen LogP contribution in [0, 0.1) is 0 Å². The van der Waals surface area contributed by atoms with Crippen LogP contribution < -0.4 is 15.4 Å². The van der Waals surface area contributed by atoms with Crippen molar-refractivity contribution in [1.82, 2.24) is 5.32 Å². The van der Waals surface area contributed by atoms with Crippen molar-refractivity contribution in [2.75, 3.05) is 23.2 Å². The van der Waals surface area contributed by atoms with E-state index in [9.17, 15) is 18.0 Å². The fraction of sp³-hybridized carbons (Fsp3) is 0.200. The lowest BCUT2D eigenvalue weighted by atomic mass is 10.1. The van der Waals surface area contributed by atoms with Gasteiger partial charge in [-0.15, -0.1) is 0 Å². The number of carbonyl (C=O) groups is 2. The van der Waals surface area contributed by atoms with Gasteiger partial charge in [0.05, 0.1) is 22.3 Å². The van der Waals surface area contributed by atoms with Crippen LogP contribution in [0.25, 0.3) is 0 Å². The number of amides is 2. The fourth-order valence-corrected chi connectivity index (χ4v) is 4.67. The van der Waals surface area contributed by atoms with Gasteiger partial charge in [0, 0.05) is 24.4 Å². The molecule has 1 aliphatic rings. The number of para-hydroxylation sites is 1. The summed E-state index contributed by atoms with van der Waals surface area (Å²) in [7, 11) is -3.73. The van der Waals surface area contributed by atoms with E-state index in [4.69, 9.17) is 4.74 Å². The monoisotopic (exact) mass is 479 g/mol. The Labute approximate surface area is 198 Å². The van der Waals surface area contributed by atoms with Crippen LogP contribution in [0.5, 0.6) is 0 Å². The molecule has 1 aliphatic heterocycles. The molecule has 176 valence electrons. The number of hydrogen-bond acceptors (Lipinski definition) is 5. The molecule has 1 fully saturated rings. The van der Waals surface area contributed by atoms with Gasteiger partial charge in [-0.2, -0.15) is 0 Å². The number of ether oxygens (including phenoxy) is 1. The number of rotatable bonds is 8. The van der Waals surface area contributed by atoms with Gasteiger partial charge in [0.2, 0.25) is 0 Å². The van der Waals surface area contributed by atoms with Crippen LogP contribution >= 0.6 is 0 Å². The molecule has 9 heteroatoms. The predicted molar refractivity (Wildman–Crippen MR) is 129 cm³/mol. The lowest BCUT2D eigenvalue weighted by Gasteiger charge is -2.14. The minimum Gasteiger partial charge on any atom is -0.376 e. The third-order valence-corrected chi connectivity index (χ3v) is 6.78. The summed E-state index contributed by atoms with van der Waals surface area (Å²) in [4.78, 5) is 25.6. The maximum atomic E-state index is 12.8. The van der Waals surface area contributed by atoms with Crippen molar-refractivity contribution in [3.63, 3.8) is 0 Å². The number of sulfonamides is 1. The maximum absolute atomic E-state index is 12.8. The number of anilines is 2.